The Morgan fingerprint density at radius 3 is 2.56 bits per heavy atom. The van der Waals surface area contributed by atoms with Gasteiger partial charge in [0.15, 0.2) is 0 Å². The number of nitrogens with zero attached hydrogens (tertiary/aromatic N) is 1. The molecule has 0 aliphatic carbocycles. The number of halogens is 1. The SMILES string of the molecule is Cc1ccc(NC(=O)NCc2ccccc2CN2CCCC2)cc1Br. The fraction of sp³-hybridized carbons (Fsp3) is 0.350. The lowest BCUT2D eigenvalue weighted by Crippen LogP contribution is -2.29. The molecule has 0 atom stereocenters. The summed E-state index contributed by atoms with van der Waals surface area (Å²) < 4.78 is 0.987. The van der Waals surface area contributed by atoms with Crippen molar-refractivity contribution in [1.82, 2.24) is 10.2 Å². The van der Waals surface area contributed by atoms with E-state index in [0.29, 0.717) is 6.54 Å². The number of aryl methyl sites for hydroxylation is 1. The summed E-state index contributed by atoms with van der Waals surface area (Å²) in [5.74, 6) is 0. The van der Waals surface area contributed by atoms with Crippen LogP contribution in [0.3, 0.4) is 0 Å². The van der Waals surface area contributed by atoms with Gasteiger partial charge in [-0.3, -0.25) is 4.90 Å². The molecule has 1 fully saturated rings. The Balaban J connectivity index is 1.57. The molecule has 25 heavy (non-hydrogen) atoms. The number of benzene rings is 2. The van der Waals surface area contributed by atoms with Crippen LogP contribution in [-0.4, -0.2) is 24.0 Å². The lowest BCUT2D eigenvalue weighted by Gasteiger charge is -2.18. The second-order valence-electron chi connectivity index (χ2n) is 6.52. The molecule has 2 aromatic rings. The zero-order chi connectivity index (χ0) is 17.6. The van der Waals surface area contributed by atoms with Crippen LogP contribution in [0.2, 0.25) is 0 Å². The highest BCUT2D eigenvalue weighted by Crippen LogP contribution is 2.20. The van der Waals surface area contributed by atoms with Gasteiger partial charge in [-0.25, -0.2) is 4.79 Å². The van der Waals surface area contributed by atoms with Gasteiger partial charge in [-0.05, 0) is 61.7 Å². The number of rotatable bonds is 5. The first kappa shape index (κ1) is 18.0. The Kier molecular flexibility index (Phi) is 6.10. The Morgan fingerprint density at radius 1 is 1.12 bits per heavy atom. The molecule has 0 radical (unpaired) electrons. The van der Waals surface area contributed by atoms with Crippen LogP contribution in [0.1, 0.15) is 29.5 Å². The summed E-state index contributed by atoms with van der Waals surface area (Å²) in [6, 6.07) is 13.9. The molecular weight excluding hydrogens is 378 g/mol. The first-order valence-corrected chi connectivity index (χ1v) is 9.51. The molecule has 5 heteroatoms. The fourth-order valence-electron chi connectivity index (χ4n) is 3.09. The molecule has 1 heterocycles. The average Bonchev–Trinajstić information content (AvgIpc) is 3.10. The summed E-state index contributed by atoms with van der Waals surface area (Å²) in [5, 5.41) is 5.85. The van der Waals surface area contributed by atoms with Gasteiger partial charge in [0.2, 0.25) is 0 Å². The first-order valence-electron chi connectivity index (χ1n) is 8.72. The molecule has 3 rings (SSSR count). The summed E-state index contributed by atoms with van der Waals surface area (Å²) >= 11 is 3.49. The number of urea groups is 1. The van der Waals surface area contributed by atoms with Gasteiger partial charge in [-0.2, -0.15) is 0 Å². The van der Waals surface area contributed by atoms with Crippen molar-refractivity contribution in [3.05, 3.63) is 63.6 Å². The highest BCUT2D eigenvalue weighted by molar-refractivity contribution is 9.10. The lowest BCUT2D eigenvalue weighted by atomic mass is 10.1. The van der Waals surface area contributed by atoms with Gasteiger partial charge in [-0.15, -0.1) is 0 Å². The van der Waals surface area contributed by atoms with E-state index in [-0.39, 0.29) is 6.03 Å². The number of anilines is 1. The van der Waals surface area contributed by atoms with Gasteiger partial charge in [-0.1, -0.05) is 46.3 Å². The van der Waals surface area contributed by atoms with E-state index in [0.717, 1.165) is 22.3 Å². The Bertz CT molecular complexity index is 741. The Hall–Kier alpha value is -1.85. The number of hydrogen-bond donors (Lipinski definition) is 2. The smallest absolute Gasteiger partial charge is 0.319 e. The van der Waals surface area contributed by atoms with Crippen LogP contribution in [0.5, 0.6) is 0 Å². The maximum absolute atomic E-state index is 12.2. The molecule has 1 aliphatic rings. The number of nitrogens with one attached hydrogen (secondary N) is 2. The third-order valence-corrected chi connectivity index (χ3v) is 5.43. The van der Waals surface area contributed by atoms with Crippen molar-refractivity contribution >= 4 is 27.6 Å². The van der Waals surface area contributed by atoms with E-state index >= 15 is 0 Å². The van der Waals surface area contributed by atoms with Crippen molar-refractivity contribution in [2.75, 3.05) is 18.4 Å². The van der Waals surface area contributed by atoms with E-state index in [4.69, 9.17) is 0 Å². The summed E-state index contributed by atoms with van der Waals surface area (Å²) in [7, 11) is 0. The Labute approximate surface area is 157 Å². The van der Waals surface area contributed by atoms with Gasteiger partial charge < -0.3 is 10.6 Å². The van der Waals surface area contributed by atoms with Crippen molar-refractivity contribution in [2.45, 2.75) is 32.9 Å². The summed E-state index contributed by atoms with van der Waals surface area (Å²) in [6.45, 7) is 5.85. The third kappa shape index (κ3) is 5.06. The molecule has 0 unspecified atom stereocenters. The summed E-state index contributed by atoms with van der Waals surface area (Å²) in [4.78, 5) is 14.7. The minimum atomic E-state index is -0.188. The molecule has 2 N–H and O–H groups in total. The lowest BCUT2D eigenvalue weighted by molar-refractivity contribution is 0.251. The minimum Gasteiger partial charge on any atom is -0.334 e. The van der Waals surface area contributed by atoms with Crippen molar-refractivity contribution in [2.24, 2.45) is 0 Å². The predicted molar refractivity (Wildman–Crippen MR) is 106 cm³/mol. The second kappa shape index (κ2) is 8.50. The number of carbonyl (C=O) groups excluding carboxylic acids is 1. The van der Waals surface area contributed by atoms with E-state index < -0.39 is 0 Å². The van der Waals surface area contributed by atoms with Crippen LogP contribution in [-0.2, 0) is 13.1 Å². The van der Waals surface area contributed by atoms with Gasteiger partial charge in [0.1, 0.15) is 0 Å². The van der Waals surface area contributed by atoms with Crippen molar-refractivity contribution in [1.29, 1.82) is 0 Å². The molecule has 0 bridgehead atoms. The number of amides is 2. The van der Waals surface area contributed by atoms with E-state index in [1.54, 1.807) is 0 Å². The molecule has 1 aliphatic heterocycles. The van der Waals surface area contributed by atoms with E-state index in [1.165, 1.54) is 37.1 Å². The summed E-state index contributed by atoms with van der Waals surface area (Å²) in [6.07, 6.45) is 2.57. The largest absolute Gasteiger partial charge is 0.334 e. The fourth-order valence-corrected chi connectivity index (χ4v) is 3.47. The first-order chi connectivity index (χ1) is 12.1. The molecule has 0 aromatic heterocycles. The van der Waals surface area contributed by atoms with Crippen molar-refractivity contribution < 1.29 is 4.79 Å². The molecule has 4 nitrogen and oxygen atoms in total. The monoisotopic (exact) mass is 401 g/mol. The molecule has 132 valence electrons. The minimum absolute atomic E-state index is 0.188. The van der Waals surface area contributed by atoms with Gasteiger partial charge in [0.05, 0.1) is 0 Å². The molecule has 2 amide bonds. The van der Waals surface area contributed by atoms with Crippen LogP contribution < -0.4 is 10.6 Å². The van der Waals surface area contributed by atoms with Crippen molar-refractivity contribution in [3.63, 3.8) is 0 Å². The Morgan fingerprint density at radius 2 is 1.84 bits per heavy atom. The zero-order valence-corrected chi connectivity index (χ0v) is 16.1. The van der Waals surface area contributed by atoms with Gasteiger partial charge in [0, 0.05) is 23.2 Å². The van der Waals surface area contributed by atoms with E-state index in [2.05, 4.69) is 49.7 Å². The highest BCUT2D eigenvalue weighted by Gasteiger charge is 2.13. The maximum atomic E-state index is 12.2. The second-order valence-corrected chi connectivity index (χ2v) is 7.38. The molecule has 1 saturated heterocycles. The average molecular weight is 402 g/mol. The summed E-state index contributed by atoms with van der Waals surface area (Å²) in [5.41, 5.74) is 4.39. The maximum Gasteiger partial charge on any atom is 0.319 e. The van der Waals surface area contributed by atoms with E-state index in [1.807, 2.05) is 31.2 Å². The standard InChI is InChI=1S/C20H24BrN3O/c1-15-8-9-18(12-19(15)21)23-20(25)22-13-16-6-2-3-7-17(16)14-24-10-4-5-11-24/h2-3,6-9,12H,4-5,10-11,13-14H2,1H3,(H2,22,23,25). The number of hydrogen-bond acceptors (Lipinski definition) is 2. The van der Waals surface area contributed by atoms with Crippen LogP contribution >= 0.6 is 15.9 Å². The van der Waals surface area contributed by atoms with Crippen LogP contribution in [0, 0.1) is 6.92 Å². The van der Waals surface area contributed by atoms with Gasteiger partial charge in [0.25, 0.3) is 0 Å². The normalized spacial score (nSPS) is 14.5. The quantitative estimate of drug-likeness (QED) is 0.763. The zero-order valence-electron chi connectivity index (χ0n) is 14.5. The van der Waals surface area contributed by atoms with E-state index in [9.17, 15) is 4.79 Å². The van der Waals surface area contributed by atoms with Crippen LogP contribution in [0.25, 0.3) is 0 Å². The third-order valence-electron chi connectivity index (χ3n) is 4.58. The number of likely N-dealkylation sites (tertiary alicyclic amines) is 1. The predicted octanol–water partition coefficient (Wildman–Crippen LogP) is 4.68. The molecule has 0 spiro atoms. The van der Waals surface area contributed by atoms with Gasteiger partial charge >= 0.3 is 6.03 Å². The van der Waals surface area contributed by atoms with Crippen LogP contribution in [0.15, 0.2) is 46.9 Å². The molecule has 2 aromatic carbocycles. The topological polar surface area (TPSA) is 44.4 Å². The van der Waals surface area contributed by atoms with Crippen molar-refractivity contribution in [3.8, 4) is 0 Å². The van der Waals surface area contributed by atoms with Crippen LogP contribution in [0.4, 0.5) is 10.5 Å². The molecule has 0 saturated carbocycles. The molecular formula is C20H24BrN3O. The highest BCUT2D eigenvalue weighted by atomic mass is 79.9. The number of carbonyl (C=O) groups is 1.